The first kappa shape index (κ1) is 55.9. The molecular weight excluding hydrogens is 933 g/mol. The van der Waals surface area contributed by atoms with Gasteiger partial charge in [-0.2, -0.15) is 15.2 Å². The van der Waals surface area contributed by atoms with Gasteiger partial charge in [0.2, 0.25) is 0 Å². The third-order valence-corrected chi connectivity index (χ3v) is 11.6. The molecule has 0 aromatic carbocycles. The minimum Gasteiger partial charge on any atom is -0.466 e. The first-order valence-electron chi connectivity index (χ1n) is 23.7. The largest absolute Gasteiger partial charge is 0.466 e. The van der Waals surface area contributed by atoms with Crippen LogP contribution in [0.1, 0.15) is 154 Å². The monoisotopic (exact) mass is 994 g/mol. The summed E-state index contributed by atoms with van der Waals surface area (Å²) in [5.74, 6) is -7.92. The summed E-state index contributed by atoms with van der Waals surface area (Å²) in [6, 6.07) is 0. The van der Waals surface area contributed by atoms with Gasteiger partial charge >= 0.3 is 47.8 Å². The number of hydrogen-bond donors (Lipinski definition) is 0. The Labute approximate surface area is 403 Å². The predicted molar refractivity (Wildman–Crippen MR) is 228 cm³/mol. The molecule has 0 radical (unpaired) electrons. The van der Waals surface area contributed by atoms with E-state index in [0.717, 1.165) is 15.2 Å². The molecule has 25 nitrogen and oxygen atoms in total. The van der Waals surface area contributed by atoms with Crippen molar-refractivity contribution in [3.05, 3.63) is 0 Å². The maximum absolute atomic E-state index is 12.8. The third kappa shape index (κ3) is 20.5. The summed E-state index contributed by atoms with van der Waals surface area (Å²) in [4.78, 5) is 179. The SMILES string of the molecule is O=C(CCCC(=O)ON1CCCC1=O)OCCC(CCOC(=O)CCCC(=O)ON1CCCC1=O)(CCOC(=O)CCCC(=O)ON1CCCC1=O)CCOC(=O)CCCC(=O)ON1C(=O)CCC1=O. The zero-order valence-corrected chi connectivity index (χ0v) is 39.3. The Kier molecular flexibility index (Phi) is 23.5. The maximum Gasteiger partial charge on any atom is 0.333 e. The molecule has 388 valence electrons. The number of hydrogen-bond acceptors (Lipinski definition) is 21. The Morgan fingerprint density at radius 2 is 0.600 bits per heavy atom. The van der Waals surface area contributed by atoms with Crippen LogP contribution in [-0.2, 0) is 101 Å². The van der Waals surface area contributed by atoms with Crippen LogP contribution >= 0.6 is 0 Å². The van der Waals surface area contributed by atoms with Crippen molar-refractivity contribution in [3.63, 3.8) is 0 Å². The van der Waals surface area contributed by atoms with Gasteiger partial charge in [0, 0.05) is 83.5 Å². The highest BCUT2D eigenvalue weighted by Gasteiger charge is 2.34. The highest BCUT2D eigenvalue weighted by atomic mass is 16.7. The Hall–Kier alpha value is -6.69. The normalized spacial score (nSPS) is 15.9. The fourth-order valence-corrected chi connectivity index (χ4v) is 7.54. The van der Waals surface area contributed by atoms with Crippen molar-refractivity contribution in [3.8, 4) is 0 Å². The van der Waals surface area contributed by atoms with Crippen LogP contribution < -0.4 is 0 Å². The van der Waals surface area contributed by atoms with E-state index in [1.807, 2.05) is 0 Å². The fourth-order valence-electron chi connectivity index (χ4n) is 7.54. The van der Waals surface area contributed by atoms with E-state index in [9.17, 15) is 62.3 Å². The molecular formula is C45H62N4O21. The molecule has 0 aromatic heterocycles. The van der Waals surface area contributed by atoms with Crippen molar-refractivity contribution < 1.29 is 101 Å². The van der Waals surface area contributed by atoms with Gasteiger partial charge in [0.05, 0.1) is 46.1 Å². The maximum atomic E-state index is 12.8. The highest BCUT2D eigenvalue weighted by molar-refractivity contribution is 6.01. The number of carbonyl (C=O) groups is 13. The van der Waals surface area contributed by atoms with Crippen LogP contribution in [0.5, 0.6) is 0 Å². The van der Waals surface area contributed by atoms with Gasteiger partial charge in [-0.15, -0.1) is 5.06 Å². The lowest BCUT2D eigenvalue weighted by molar-refractivity contribution is -0.197. The third-order valence-electron chi connectivity index (χ3n) is 11.6. The smallest absolute Gasteiger partial charge is 0.333 e. The first-order valence-corrected chi connectivity index (χ1v) is 23.7. The Morgan fingerprint density at radius 1 is 0.343 bits per heavy atom. The molecule has 70 heavy (non-hydrogen) atoms. The number of carbonyl (C=O) groups excluding carboxylic acids is 13. The number of amides is 5. The zero-order chi connectivity index (χ0) is 50.9. The van der Waals surface area contributed by atoms with Gasteiger partial charge in [-0.05, 0) is 76.0 Å². The van der Waals surface area contributed by atoms with E-state index < -0.39 is 65.0 Å². The molecule has 0 aliphatic carbocycles. The van der Waals surface area contributed by atoms with E-state index in [0.29, 0.717) is 24.3 Å². The van der Waals surface area contributed by atoms with Crippen molar-refractivity contribution in [2.45, 2.75) is 154 Å². The number of nitrogens with zero attached hydrogens (tertiary/aromatic N) is 4. The van der Waals surface area contributed by atoms with Gasteiger partial charge in [-0.1, -0.05) is 0 Å². The van der Waals surface area contributed by atoms with Crippen molar-refractivity contribution in [2.24, 2.45) is 5.41 Å². The Morgan fingerprint density at radius 3 is 0.857 bits per heavy atom. The van der Waals surface area contributed by atoms with E-state index >= 15 is 0 Å². The molecule has 0 bridgehead atoms. The van der Waals surface area contributed by atoms with E-state index in [2.05, 4.69) is 0 Å². The molecule has 4 fully saturated rings. The average molecular weight is 995 g/mol. The van der Waals surface area contributed by atoms with Crippen LogP contribution in [0.25, 0.3) is 0 Å². The number of imide groups is 1. The molecule has 0 atom stereocenters. The van der Waals surface area contributed by atoms with E-state index in [1.54, 1.807) is 0 Å². The fraction of sp³-hybridized carbons (Fsp3) is 0.711. The number of esters is 4. The van der Waals surface area contributed by atoms with E-state index in [4.69, 9.17) is 38.3 Å². The summed E-state index contributed by atoms with van der Waals surface area (Å²) >= 11 is 0. The molecule has 0 saturated carbocycles. The van der Waals surface area contributed by atoms with Gasteiger partial charge in [0.15, 0.2) is 0 Å². The molecule has 4 saturated heterocycles. The first-order chi connectivity index (χ1) is 33.5. The molecule has 4 rings (SSSR count). The predicted octanol–water partition coefficient (Wildman–Crippen LogP) is 2.24. The summed E-state index contributed by atoms with van der Waals surface area (Å²) in [6.07, 6.45) is 1.10. The lowest BCUT2D eigenvalue weighted by atomic mass is 9.76. The highest BCUT2D eigenvalue weighted by Crippen LogP contribution is 2.36. The number of rotatable bonds is 32. The van der Waals surface area contributed by atoms with Crippen molar-refractivity contribution in [2.75, 3.05) is 46.1 Å². The summed E-state index contributed by atoms with van der Waals surface area (Å²) in [6.45, 7) is -0.0175. The lowest BCUT2D eigenvalue weighted by Gasteiger charge is -2.33. The average Bonchev–Trinajstić information content (AvgIpc) is 4.10. The van der Waals surface area contributed by atoms with Gasteiger partial charge in [-0.25, -0.2) is 19.2 Å². The molecule has 0 N–H and O–H groups in total. The van der Waals surface area contributed by atoms with Crippen LogP contribution in [0.4, 0.5) is 0 Å². The topological polar surface area (TPSA) is 309 Å². The molecule has 0 aromatic rings. The van der Waals surface area contributed by atoms with Crippen molar-refractivity contribution in [1.29, 1.82) is 0 Å². The number of hydroxylamine groups is 8. The summed E-state index contributed by atoms with van der Waals surface area (Å²) < 4.78 is 22.0. The second kappa shape index (κ2) is 29.4. The second-order valence-electron chi connectivity index (χ2n) is 17.0. The molecule has 0 unspecified atom stereocenters. The molecule has 5 amide bonds. The Bertz CT molecular complexity index is 1770. The van der Waals surface area contributed by atoms with Crippen LogP contribution in [0.15, 0.2) is 0 Å². The van der Waals surface area contributed by atoms with Crippen LogP contribution in [0.2, 0.25) is 0 Å². The quantitative estimate of drug-likeness (QED) is 0.0530. The van der Waals surface area contributed by atoms with Gasteiger partial charge < -0.3 is 38.3 Å². The van der Waals surface area contributed by atoms with Crippen molar-refractivity contribution >= 4 is 77.3 Å². The standard InChI is InChI=1S/C45H62N4O21/c50-32-8-5-25-46(32)67-41(59)15-1-11-37(55)63-28-21-45(22-29-64-38(56)12-2-16-42(60)68-47-26-6-9-33(47)51,23-30-65-39(57)13-3-17-43(61)69-48-27-7-10-34(48)52)24-31-66-40(58)14-4-18-44(62)70-49-35(53)19-20-36(49)54/h1-31H2. The van der Waals surface area contributed by atoms with Gasteiger partial charge in [-0.3, -0.25) is 43.2 Å². The van der Waals surface area contributed by atoms with Gasteiger partial charge in [0.25, 0.3) is 29.5 Å². The lowest BCUT2D eigenvalue weighted by Crippen LogP contribution is -2.32. The van der Waals surface area contributed by atoms with Crippen molar-refractivity contribution in [1.82, 2.24) is 20.3 Å². The molecule has 4 heterocycles. The van der Waals surface area contributed by atoms with Crippen LogP contribution in [0, 0.1) is 5.41 Å². The zero-order valence-electron chi connectivity index (χ0n) is 39.3. The summed E-state index contributed by atoms with van der Waals surface area (Å²) in [5, 5.41) is 3.36. The van der Waals surface area contributed by atoms with Crippen LogP contribution in [0.3, 0.4) is 0 Å². The molecule has 0 spiro atoms. The minimum absolute atomic E-state index is 0.0445. The molecule has 4 aliphatic rings. The van der Waals surface area contributed by atoms with E-state index in [-0.39, 0.29) is 199 Å². The second-order valence-corrected chi connectivity index (χ2v) is 17.0. The van der Waals surface area contributed by atoms with Gasteiger partial charge in [0.1, 0.15) is 0 Å². The Balaban J connectivity index is 1.33. The summed E-state index contributed by atoms with van der Waals surface area (Å²) in [5.41, 5.74) is -1.01. The van der Waals surface area contributed by atoms with E-state index in [1.165, 1.54) is 0 Å². The summed E-state index contributed by atoms with van der Waals surface area (Å²) in [7, 11) is 0. The molecule has 4 aliphatic heterocycles. The number of ether oxygens (including phenoxy) is 4. The minimum atomic E-state index is -1.01. The van der Waals surface area contributed by atoms with Crippen LogP contribution in [-0.4, -0.2) is 144 Å². The molecule has 25 heteroatoms.